The van der Waals surface area contributed by atoms with Gasteiger partial charge in [-0.05, 0) is 29.5 Å². The van der Waals surface area contributed by atoms with Gasteiger partial charge in [0.1, 0.15) is 5.82 Å². The van der Waals surface area contributed by atoms with E-state index in [0.29, 0.717) is 12.0 Å². The number of halogens is 2. The number of aryl methyl sites for hydroxylation is 2. The van der Waals surface area contributed by atoms with E-state index in [2.05, 4.69) is 19.1 Å². The molecule has 0 fully saturated rings. The van der Waals surface area contributed by atoms with E-state index in [4.69, 9.17) is 11.6 Å². The van der Waals surface area contributed by atoms with Gasteiger partial charge < -0.3 is 0 Å². The molecule has 0 heterocycles. The molecule has 0 saturated heterocycles. The third-order valence-electron chi connectivity index (χ3n) is 3.22. The van der Waals surface area contributed by atoms with Crippen molar-refractivity contribution in [1.29, 1.82) is 0 Å². The molecule has 0 aliphatic rings. The number of rotatable bonds is 3. The van der Waals surface area contributed by atoms with E-state index in [-0.39, 0.29) is 10.8 Å². The zero-order valence-electron chi connectivity index (χ0n) is 10.6. The molecule has 18 heavy (non-hydrogen) atoms. The predicted molar refractivity (Wildman–Crippen MR) is 75.6 cm³/mol. The Balaban J connectivity index is 2.47. The lowest BCUT2D eigenvalue weighted by Crippen LogP contribution is -1.91. The largest absolute Gasteiger partial charge is 0.205 e. The lowest BCUT2D eigenvalue weighted by Gasteiger charge is -2.09. The summed E-state index contributed by atoms with van der Waals surface area (Å²) < 4.78 is 14.0. The van der Waals surface area contributed by atoms with E-state index >= 15 is 0 Å². The van der Waals surface area contributed by atoms with Gasteiger partial charge in [0.2, 0.25) is 0 Å². The summed E-state index contributed by atoms with van der Waals surface area (Å²) in [5, 5.41) is 0.221. The highest BCUT2D eigenvalue weighted by Crippen LogP contribution is 2.32. The molecule has 0 nitrogen and oxygen atoms in total. The molecule has 94 valence electrons. The Hall–Kier alpha value is -1.34. The fraction of sp³-hybridized carbons (Fsp3) is 0.250. The van der Waals surface area contributed by atoms with Gasteiger partial charge >= 0.3 is 0 Å². The van der Waals surface area contributed by atoms with Crippen LogP contribution in [-0.4, -0.2) is 0 Å². The molecule has 2 heteroatoms. The average molecular weight is 263 g/mol. The Kier molecular flexibility index (Phi) is 4.03. The third-order valence-corrected chi connectivity index (χ3v) is 3.59. The van der Waals surface area contributed by atoms with Crippen LogP contribution < -0.4 is 0 Å². The smallest absolute Gasteiger partial charge is 0.145 e. The summed E-state index contributed by atoms with van der Waals surface area (Å²) in [4.78, 5) is 0. The van der Waals surface area contributed by atoms with Crippen molar-refractivity contribution in [2.45, 2.75) is 26.7 Å². The summed E-state index contributed by atoms with van der Waals surface area (Å²) in [6, 6.07) is 11.8. The zero-order chi connectivity index (χ0) is 13.1. The van der Waals surface area contributed by atoms with Crippen molar-refractivity contribution in [3.05, 3.63) is 58.4 Å². The van der Waals surface area contributed by atoms with E-state index in [1.165, 1.54) is 5.56 Å². The minimum absolute atomic E-state index is 0.221. The molecule has 0 aliphatic carbocycles. The second-order valence-electron chi connectivity index (χ2n) is 4.30. The molecular weight excluding hydrogens is 247 g/mol. The first kappa shape index (κ1) is 13.1. The molecule has 0 atom stereocenters. The molecule has 0 aliphatic heterocycles. The second kappa shape index (κ2) is 5.53. The van der Waals surface area contributed by atoms with E-state index in [1.54, 1.807) is 0 Å². The Labute approximate surface area is 112 Å². The lowest BCUT2D eigenvalue weighted by molar-refractivity contribution is 0.613. The Morgan fingerprint density at radius 3 is 2.17 bits per heavy atom. The van der Waals surface area contributed by atoms with Crippen molar-refractivity contribution < 1.29 is 4.39 Å². The first-order valence-corrected chi connectivity index (χ1v) is 6.61. The maximum atomic E-state index is 14.0. The van der Waals surface area contributed by atoms with Gasteiger partial charge in [-0.3, -0.25) is 0 Å². The molecule has 0 amide bonds. The van der Waals surface area contributed by atoms with Crippen molar-refractivity contribution in [2.75, 3.05) is 0 Å². The standard InChI is InChI=1S/C16H16ClF/c1-3-11-5-7-13(8-6-11)14-10-9-12(4-2)16(18)15(14)17/h5-10H,3-4H2,1-2H3. The van der Waals surface area contributed by atoms with Gasteiger partial charge in [0, 0.05) is 5.56 Å². The number of benzene rings is 2. The summed E-state index contributed by atoms with van der Waals surface area (Å²) >= 11 is 6.11. The number of hydrogen-bond donors (Lipinski definition) is 0. The molecule has 0 radical (unpaired) electrons. The van der Waals surface area contributed by atoms with Crippen LogP contribution in [-0.2, 0) is 12.8 Å². The third kappa shape index (κ3) is 2.41. The zero-order valence-corrected chi connectivity index (χ0v) is 11.4. The highest BCUT2D eigenvalue weighted by atomic mass is 35.5. The summed E-state index contributed by atoms with van der Waals surface area (Å²) in [7, 11) is 0. The van der Waals surface area contributed by atoms with Gasteiger partial charge in [0.25, 0.3) is 0 Å². The van der Waals surface area contributed by atoms with E-state index in [1.807, 2.05) is 31.2 Å². The van der Waals surface area contributed by atoms with Gasteiger partial charge in [-0.15, -0.1) is 0 Å². The Morgan fingerprint density at radius 1 is 0.944 bits per heavy atom. The van der Waals surface area contributed by atoms with Crippen LogP contribution in [0.15, 0.2) is 36.4 Å². The van der Waals surface area contributed by atoms with Crippen molar-refractivity contribution in [3.8, 4) is 11.1 Å². The molecule has 2 aromatic carbocycles. The van der Waals surface area contributed by atoms with Gasteiger partial charge in [-0.2, -0.15) is 0 Å². The predicted octanol–water partition coefficient (Wildman–Crippen LogP) is 5.27. The Bertz CT molecular complexity index is 544. The number of hydrogen-bond acceptors (Lipinski definition) is 0. The van der Waals surface area contributed by atoms with Crippen molar-refractivity contribution in [1.82, 2.24) is 0 Å². The second-order valence-corrected chi connectivity index (χ2v) is 4.68. The van der Waals surface area contributed by atoms with Crippen molar-refractivity contribution in [3.63, 3.8) is 0 Å². The van der Waals surface area contributed by atoms with Crippen LogP contribution in [0.1, 0.15) is 25.0 Å². The van der Waals surface area contributed by atoms with Crippen LogP contribution in [0.3, 0.4) is 0 Å². The van der Waals surface area contributed by atoms with Crippen LogP contribution >= 0.6 is 11.6 Å². The first-order chi connectivity index (χ1) is 8.67. The maximum absolute atomic E-state index is 14.0. The van der Waals surface area contributed by atoms with E-state index in [9.17, 15) is 4.39 Å². The highest BCUT2D eigenvalue weighted by molar-refractivity contribution is 6.33. The van der Waals surface area contributed by atoms with E-state index < -0.39 is 0 Å². The molecule has 2 aromatic rings. The lowest BCUT2D eigenvalue weighted by atomic mass is 10.0. The summed E-state index contributed by atoms with van der Waals surface area (Å²) in [5.74, 6) is -0.295. The fourth-order valence-electron chi connectivity index (χ4n) is 2.01. The average Bonchev–Trinajstić information content (AvgIpc) is 2.42. The molecule has 0 saturated carbocycles. The molecule has 0 unspecified atom stereocenters. The minimum Gasteiger partial charge on any atom is -0.205 e. The van der Waals surface area contributed by atoms with Gasteiger partial charge in [0.15, 0.2) is 0 Å². The fourth-order valence-corrected chi connectivity index (χ4v) is 2.30. The molecule has 0 spiro atoms. The monoisotopic (exact) mass is 262 g/mol. The summed E-state index contributed by atoms with van der Waals surface area (Å²) in [6.07, 6.45) is 1.65. The van der Waals surface area contributed by atoms with Crippen LogP contribution in [0.5, 0.6) is 0 Å². The molecule has 0 N–H and O–H groups in total. The highest BCUT2D eigenvalue weighted by Gasteiger charge is 2.11. The van der Waals surface area contributed by atoms with Crippen LogP contribution in [0.25, 0.3) is 11.1 Å². The SMILES string of the molecule is CCc1ccc(-c2ccc(CC)c(F)c2Cl)cc1. The van der Waals surface area contributed by atoms with Gasteiger partial charge in [-0.25, -0.2) is 4.39 Å². The van der Waals surface area contributed by atoms with Gasteiger partial charge in [-0.1, -0.05) is 61.8 Å². The summed E-state index contributed by atoms with van der Waals surface area (Å²) in [6.45, 7) is 4.03. The summed E-state index contributed by atoms with van der Waals surface area (Å²) in [5.41, 5.74) is 3.64. The molecule has 0 bridgehead atoms. The normalized spacial score (nSPS) is 10.7. The van der Waals surface area contributed by atoms with Crippen LogP contribution in [0, 0.1) is 5.82 Å². The van der Waals surface area contributed by atoms with Crippen LogP contribution in [0.2, 0.25) is 5.02 Å². The first-order valence-electron chi connectivity index (χ1n) is 6.23. The quantitative estimate of drug-likeness (QED) is 0.707. The van der Waals surface area contributed by atoms with Crippen molar-refractivity contribution >= 4 is 11.6 Å². The molecule has 2 rings (SSSR count). The van der Waals surface area contributed by atoms with Crippen molar-refractivity contribution in [2.24, 2.45) is 0 Å². The molecule has 0 aromatic heterocycles. The topological polar surface area (TPSA) is 0 Å². The maximum Gasteiger partial charge on any atom is 0.145 e. The molecular formula is C16H16ClF. The minimum atomic E-state index is -0.295. The van der Waals surface area contributed by atoms with E-state index in [0.717, 1.165) is 17.5 Å². The Morgan fingerprint density at radius 2 is 1.61 bits per heavy atom. The van der Waals surface area contributed by atoms with Crippen LogP contribution in [0.4, 0.5) is 4.39 Å². The van der Waals surface area contributed by atoms with Gasteiger partial charge in [0.05, 0.1) is 5.02 Å².